The van der Waals surface area contributed by atoms with Crippen LogP contribution in [-0.2, 0) is 4.74 Å². The number of benzene rings is 1. The summed E-state index contributed by atoms with van der Waals surface area (Å²) in [6, 6.07) is 7.18. The van der Waals surface area contributed by atoms with Crippen molar-refractivity contribution in [1.82, 2.24) is 19.7 Å². The van der Waals surface area contributed by atoms with Crippen molar-refractivity contribution in [3.8, 4) is 5.95 Å². The van der Waals surface area contributed by atoms with E-state index in [-0.39, 0.29) is 12.7 Å². The number of nitrogens with zero attached hydrogens (tertiary/aromatic N) is 5. The minimum absolute atomic E-state index is 0.0914. The fraction of sp³-hybridized carbons (Fsp3) is 0.350. The van der Waals surface area contributed by atoms with Crippen molar-refractivity contribution in [2.45, 2.75) is 20.0 Å². The van der Waals surface area contributed by atoms with Crippen molar-refractivity contribution < 1.29 is 18.6 Å². The molecule has 10 heteroatoms. The number of aryl methyl sites for hydroxylation is 2. The van der Waals surface area contributed by atoms with Crippen LogP contribution in [0.5, 0.6) is 0 Å². The number of aliphatic hydroxyl groups is 1. The average Bonchev–Trinajstić information content (AvgIpc) is 3.08. The molecule has 158 valence electrons. The van der Waals surface area contributed by atoms with E-state index in [1.807, 2.05) is 24.8 Å². The Morgan fingerprint density at radius 3 is 2.70 bits per heavy atom. The Bertz CT molecular complexity index is 1060. The van der Waals surface area contributed by atoms with E-state index in [1.165, 1.54) is 6.07 Å². The molecule has 4 rings (SSSR count). The number of ether oxygens (including phenoxy) is 1. The number of halogens is 2. The minimum atomic E-state index is -0.952. The van der Waals surface area contributed by atoms with Gasteiger partial charge in [-0.15, -0.1) is 0 Å². The quantitative estimate of drug-likeness (QED) is 0.661. The van der Waals surface area contributed by atoms with Crippen LogP contribution < -0.4 is 10.2 Å². The first-order valence-corrected chi connectivity index (χ1v) is 9.55. The van der Waals surface area contributed by atoms with Gasteiger partial charge in [-0.25, -0.2) is 13.5 Å². The number of rotatable bonds is 5. The van der Waals surface area contributed by atoms with E-state index < -0.39 is 11.6 Å². The molecule has 1 atom stereocenters. The lowest BCUT2D eigenvalue weighted by Crippen LogP contribution is -2.44. The van der Waals surface area contributed by atoms with Gasteiger partial charge in [-0.3, -0.25) is 0 Å². The summed E-state index contributed by atoms with van der Waals surface area (Å²) >= 11 is 0. The summed E-state index contributed by atoms with van der Waals surface area (Å²) in [6.45, 7) is 5.20. The van der Waals surface area contributed by atoms with Crippen molar-refractivity contribution in [3.63, 3.8) is 0 Å². The third-order valence-electron chi connectivity index (χ3n) is 4.76. The van der Waals surface area contributed by atoms with E-state index in [0.717, 1.165) is 23.5 Å². The summed E-state index contributed by atoms with van der Waals surface area (Å²) in [7, 11) is 0. The lowest BCUT2D eigenvalue weighted by atomic mass is 10.2. The molecular formula is C20H22F2N6O2. The Morgan fingerprint density at radius 2 is 2.00 bits per heavy atom. The molecule has 2 N–H and O–H groups in total. The van der Waals surface area contributed by atoms with Crippen molar-refractivity contribution in [2.24, 2.45) is 0 Å². The van der Waals surface area contributed by atoms with Gasteiger partial charge in [0.2, 0.25) is 0 Å². The predicted octanol–water partition coefficient (Wildman–Crippen LogP) is 2.50. The van der Waals surface area contributed by atoms with E-state index in [1.54, 1.807) is 10.7 Å². The molecule has 3 aromatic rings. The molecule has 0 radical (unpaired) electrons. The van der Waals surface area contributed by atoms with Gasteiger partial charge in [-0.05, 0) is 32.0 Å². The molecule has 0 saturated carbocycles. The second-order valence-electron chi connectivity index (χ2n) is 7.13. The summed E-state index contributed by atoms with van der Waals surface area (Å²) in [4.78, 5) is 11.1. The molecular weight excluding hydrogens is 394 g/mol. The van der Waals surface area contributed by atoms with Gasteiger partial charge in [0.05, 0.1) is 25.0 Å². The molecule has 1 fully saturated rings. The van der Waals surface area contributed by atoms with Crippen LogP contribution in [0.15, 0.2) is 30.3 Å². The smallest absolute Gasteiger partial charge is 0.254 e. The van der Waals surface area contributed by atoms with Crippen LogP contribution in [-0.4, -0.2) is 57.3 Å². The SMILES string of the molecule is Cc1cc(C)n(-c2nc(Nc3ccc(F)c(F)c3)cc(N3CCO[C@@H](CO)C3)n2)n1. The second-order valence-corrected chi connectivity index (χ2v) is 7.13. The lowest BCUT2D eigenvalue weighted by Gasteiger charge is -2.33. The van der Waals surface area contributed by atoms with Crippen molar-refractivity contribution >= 4 is 17.3 Å². The monoisotopic (exact) mass is 416 g/mol. The predicted molar refractivity (Wildman–Crippen MR) is 107 cm³/mol. The van der Waals surface area contributed by atoms with Crippen molar-refractivity contribution in [1.29, 1.82) is 0 Å². The Hall–Kier alpha value is -3.11. The van der Waals surface area contributed by atoms with Gasteiger partial charge in [0, 0.05) is 36.6 Å². The first kappa shape index (κ1) is 20.2. The zero-order valence-electron chi connectivity index (χ0n) is 16.6. The highest BCUT2D eigenvalue weighted by Crippen LogP contribution is 2.24. The number of aliphatic hydroxyl groups excluding tert-OH is 1. The van der Waals surface area contributed by atoms with Gasteiger partial charge >= 0.3 is 0 Å². The van der Waals surface area contributed by atoms with Crippen molar-refractivity contribution in [2.75, 3.05) is 36.5 Å². The highest BCUT2D eigenvalue weighted by Gasteiger charge is 2.22. The Labute approximate surface area is 172 Å². The third kappa shape index (κ3) is 4.24. The molecule has 0 aliphatic carbocycles. The average molecular weight is 416 g/mol. The maximum absolute atomic E-state index is 13.6. The number of anilines is 3. The molecule has 3 heterocycles. The zero-order valence-corrected chi connectivity index (χ0v) is 16.6. The topological polar surface area (TPSA) is 88.3 Å². The van der Waals surface area contributed by atoms with Crippen LogP contribution in [0.1, 0.15) is 11.4 Å². The van der Waals surface area contributed by atoms with Gasteiger partial charge in [0.15, 0.2) is 11.6 Å². The van der Waals surface area contributed by atoms with E-state index >= 15 is 0 Å². The summed E-state index contributed by atoms with van der Waals surface area (Å²) in [5, 5.41) is 16.9. The fourth-order valence-corrected chi connectivity index (χ4v) is 3.33. The minimum Gasteiger partial charge on any atom is -0.394 e. The first-order valence-electron chi connectivity index (χ1n) is 9.55. The number of hydrogen-bond donors (Lipinski definition) is 2. The molecule has 0 amide bonds. The molecule has 1 aliphatic rings. The zero-order chi connectivity index (χ0) is 21.3. The van der Waals surface area contributed by atoms with Gasteiger partial charge in [-0.2, -0.15) is 15.1 Å². The van der Waals surface area contributed by atoms with Crippen LogP contribution >= 0.6 is 0 Å². The second kappa shape index (κ2) is 8.33. The maximum atomic E-state index is 13.6. The Kier molecular flexibility index (Phi) is 5.60. The number of aromatic nitrogens is 4. The highest BCUT2D eigenvalue weighted by molar-refractivity contribution is 5.61. The Morgan fingerprint density at radius 1 is 1.17 bits per heavy atom. The van der Waals surface area contributed by atoms with Gasteiger partial charge in [-0.1, -0.05) is 0 Å². The van der Waals surface area contributed by atoms with Crippen LogP contribution in [0.4, 0.5) is 26.1 Å². The summed E-state index contributed by atoms with van der Waals surface area (Å²) in [5.74, 6) is -0.516. The molecule has 1 aliphatic heterocycles. The molecule has 1 aromatic carbocycles. The molecule has 0 unspecified atom stereocenters. The lowest BCUT2D eigenvalue weighted by molar-refractivity contribution is 0.00336. The molecule has 2 aromatic heterocycles. The third-order valence-corrected chi connectivity index (χ3v) is 4.76. The number of hydrogen-bond acceptors (Lipinski definition) is 7. The molecule has 0 spiro atoms. The van der Waals surface area contributed by atoms with Crippen LogP contribution in [0.3, 0.4) is 0 Å². The van der Waals surface area contributed by atoms with Gasteiger partial charge in [0.25, 0.3) is 5.95 Å². The van der Waals surface area contributed by atoms with E-state index in [4.69, 9.17) is 4.74 Å². The van der Waals surface area contributed by atoms with Crippen LogP contribution in [0, 0.1) is 25.5 Å². The van der Waals surface area contributed by atoms with E-state index in [0.29, 0.717) is 43.0 Å². The van der Waals surface area contributed by atoms with Crippen LogP contribution in [0.25, 0.3) is 5.95 Å². The van der Waals surface area contributed by atoms with Gasteiger partial charge < -0.3 is 20.1 Å². The van der Waals surface area contributed by atoms with Crippen LogP contribution in [0.2, 0.25) is 0 Å². The van der Waals surface area contributed by atoms with Crippen molar-refractivity contribution in [3.05, 3.63) is 53.4 Å². The van der Waals surface area contributed by atoms with E-state index in [2.05, 4.69) is 20.4 Å². The number of morpholine rings is 1. The highest BCUT2D eigenvalue weighted by atomic mass is 19.2. The fourth-order valence-electron chi connectivity index (χ4n) is 3.33. The molecule has 1 saturated heterocycles. The molecule has 30 heavy (non-hydrogen) atoms. The normalized spacial score (nSPS) is 16.7. The first-order chi connectivity index (χ1) is 14.4. The molecule has 0 bridgehead atoms. The standard InChI is InChI=1S/C20H22F2N6O2/c1-12-7-13(2)28(26-12)20-24-18(23-14-3-4-16(21)17(22)8-14)9-19(25-20)27-5-6-30-15(10-27)11-29/h3-4,7-9,15,29H,5-6,10-11H2,1-2H3,(H,23,24,25)/t15-/m1/s1. The van der Waals surface area contributed by atoms with Gasteiger partial charge in [0.1, 0.15) is 11.6 Å². The largest absolute Gasteiger partial charge is 0.394 e. The number of nitrogens with one attached hydrogen (secondary N) is 1. The Balaban J connectivity index is 1.73. The summed E-state index contributed by atoms with van der Waals surface area (Å²) in [5.41, 5.74) is 2.04. The maximum Gasteiger partial charge on any atom is 0.254 e. The van der Waals surface area contributed by atoms with E-state index in [9.17, 15) is 13.9 Å². The summed E-state index contributed by atoms with van der Waals surface area (Å²) in [6.07, 6.45) is -0.312. The summed E-state index contributed by atoms with van der Waals surface area (Å²) < 4.78 is 34.0. The molecule has 8 nitrogen and oxygen atoms in total.